The number of rotatable bonds is 14. The van der Waals surface area contributed by atoms with Crippen molar-refractivity contribution in [1.29, 1.82) is 0 Å². The third-order valence-corrected chi connectivity index (χ3v) is 8.21. The van der Waals surface area contributed by atoms with Crippen molar-refractivity contribution in [2.24, 2.45) is 0 Å². The number of amides is 1. The standard InChI is InChI=1S/C34H34F3N5O4S/c1-6-29(43)38-19(2)25-18-26(41-40-25)33-31(30-24(37)16-21(35)17-28(30)46-13-12-44-5)34-22(9-14-47-34)32(39-33)20-7-8-27(23(36)15-20)45-11-10-42(3)4/h6-9,14-19H,1,10-13H2,2-5H3,(H,38,43)(H,40,41). The van der Waals surface area contributed by atoms with Gasteiger partial charge in [0.25, 0.3) is 0 Å². The van der Waals surface area contributed by atoms with Crippen LogP contribution >= 0.6 is 11.3 Å². The number of nitrogens with one attached hydrogen (secondary N) is 2. The third kappa shape index (κ3) is 7.48. The molecule has 0 aliphatic carbocycles. The number of halogens is 3. The minimum Gasteiger partial charge on any atom is -0.490 e. The van der Waals surface area contributed by atoms with Crippen molar-refractivity contribution >= 4 is 27.3 Å². The minimum atomic E-state index is -0.865. The van der Waals surface area contributed by atoms with E-state index in [1.54, 1.807) is 25.1 Å². The Hall–Kier alpha value is -4.72. The quantitative estimate of drug-likeness (QED) is 0.0998. The van der Waals surface area contributed by atoms with Gasteiger partial charge >= 0.3 is 0 Å². The van der Waals surface area contributed by atoms with Crippen molar-refractivity contribution in [2.75, 3.05) is 47.6 Å². The number of benzene rings is 2. The summed E-state index contributed by atoms with van der Waals surface area (Å²) in [5.74, 6) is -2.56. The van der Waals surface area contributed by atoms with Crippen LogP contribution in [0.3, 0.4) is 0 Å². The highest BCUT2D eigenvalue weighted by atomic mass is 32.1. The van der Waals surface area contributed by atoms with E-state index in [-0.39, 0.29) is 41.9 Å². The summed E-state index contributed by atoms with van der Waals surface area (Å²) in [6.45, 7) is 6.39. The molecular weight excluding hydrogens is 631 g/mol. The number of nitrogens with zero attached hydrogens (tertiary/aromatic N) is 3. The third-order valence-electron chi connectivity index (χ3n) is 7.27. The van der Waals surface area contributed by atoms with E-state index in [4.69, 9.17) is 19.2 Å². The van der Waals surface area contributed by atoms with Crippen LogP contribution in [0, 0.1) is 17.5 Å². The van der Waals surface area contributed by atoms with Crippen LogP contribution in [0.2, 0.25) is 0 Å². The molecule has 5 rings (SSSR count). The number of pyridine rings is 1. The summed E-state index contributed by atoms with van der Waals surface area (Å²) in [5.41, 5.74) is 2.25. The molecule has 3 aromatic heterocycles. The number of ether oxygens (including phenoxy) is 3. The number of thiophene rings is 1. The van der Waals surface area contributed by atoms with Crippen LogP contribution in [0.1, 0.15) is 18.7 Å². The Kier molecular flexibility index (Phi) is 10.6. The highest BCUT2D eigenvalue weighted by molar-refractivity contribution is 7.18. The predicted molar refractivity (Wildman–Crippen MR) is 176 cm³/mol. The molecule has 0 saturated carbocycles. The van der Waals surface area contributed by atoms with E-state index in [0.29, 0.717) is 51.4 Å². The molecule has 0 aliphatic heterocycles. The normalized spacial score (nSPS) is 12.0. The van der Waals surface area contributed by atoms with Gasteiger partial charge in [0, 0.05) is 47.0 Å². The molecule has 2 N–H and O–H groups in total. The molecule has 1 unspecified atom stereocenters. The van der Waals surface area contributed by atoms with Gasteiger partial charge in [-0.3, -0.25) is 9.89 Å². The number of carbonyl (C=O) groups excluding carboxylic acids is 1. The molecule has 3 heterocycles. The molecule has 2 aromatic carbocycles. The summed E-state index contributed by atoms with van der Waals surface area (Å²) in [6, 6.07) is 9.49. The Labute approximate surface area is 274 Å². The molecule has 5 aromatic rings. The van der Waals surface area contributed by atoms with Crippen LogP contribution in [0.25, 0.3) is 43.9 Å². The topological polar surface area (TPSA) is 102 Å². The average molecular weight is 666 g/mol. The molecule has 246 valence electrons. The smallest absolute Gasteiger partial charge is 0.243 e. The number of methoxy groups -OCH3 is 1. The van der Waals surface area contributed by atoms with Gasteiger partial charge in [-0.1, -0.05) is 6.58 Å². The van der Waals surface area contributed by atoms with Gasteiger partial charge < -0.3 is 24.4 Å². The van der Waals surface area contributed by atoms with Crippen molar-refractivity contribution in [2.45, 2.75) is 13.0 Å². The molecule has 0 aliphatic rings. The summed E-state index contributed by atoms with van der Waals surface area (Å²) in [6.07, 6.45) is 1.16. The van der Waals surface area contributed by atoms with Crippen LogP contribution in [0.15, 0.2) is 60.5 Å². The number of carbonyl (C=O) groups is 1. The molecule has 13 heteroatoms. The molecule has 9 nitrogen and oxygen atoms in total. The first-order valence-corrected chi connectivity index (χ1v) is 15.6. The molecule has 1 amide bonds. The molecule has 0 fully saturated rings. The number of aromatic amines is 1. The van der Waals surface area contributed by atoms with Crippen molar-refractivity contribution < 1.29 is 32.2 Å². The highest BCUT2D eigenvalue weighted by Crippen LogP contribution is 2.47. The van der Waals surface area contributed by atoms with Crippen LogP contribution in [-0.2, 0) is 9.53 Å². The monoisotopic (exact) mass is 665 g/mol. The molecule has 0 radical (unpaired) electrons. The van der Waals surface area contributed by atoms with Crippen molar-refractivity contribution in [1.82, 2.24) is 25.4 Å². The van der Waals surface area contributed by atoms with E-state index in [0.717, 1.165) is 18.2 Å². The fraction of sp³-hybridized carbons (Fsp3) is 0.265. The maximum Gasteiger partial charge on any atom is 0.243 e. The number of hydrogen-bond donors (Lipinski definition) is 2. The van der Waals surface area contributed by atoms with Crippen LogP contribution in [0.4, 0.5) is 13.2 Å². The van der Waals surface area contributed by atoms with E-state index < -0.39 is 23.5 Å². The Bertz CT molecular complexity index is 1910. The minimum absolute atomic E-state index is 0.0163. The molecule has 1 atom stereocenters. The Morgan fingerprint density at radius 3 is 2.53 bits per heavy atom. The van der Waals surface area contributed by atoms with Gasteiger partial charge in [0.1, 0.15) is 42.0 Å². The van der Waals surface area contributed by atoms with Gasteiger partial charge in [0.2, 0.25) is 5.91 Å². The van der Waals surface area contributed by atoms with Crippen molar-refractivity contribution in [3.05, 3.63) is 83.6 Å². The van der Waals surface area contributed by atoms with Gasteiger partial charge in [-0.2, -0.15) is 5.10 Å². The van der Waals surface area contributed by atoms with E-state index in [1.807, 2.05) is 30.4 Å². The van der Waals surface area contributed by atoms with E-state index in [2.05, 4.69) is 22.1 Å². The summed E-state index contributed by atoms with van der Waals surface area (Å²) in [7, 11) is 5.29. The molecule has 0 bridgehead atoms. The maximum atomic E-state index is 15.9. The first kappa shape index (κ1) is 33.6. The summed E-state index contributed by atoms with van der Waals surface area (Å²) in [4.78, 5) is 18.9. The fourth-order valence-corrected chi connectivity index (χ4v) is 5.89. The number of aromatic nitrogens is 3. The van der Waals surface area contributed by atoms with Gasteiger partial charge in [-0.25, -0.2) is 18.2 Å². The zero-order valence-electron chi connectivity index (χ0n) is 26.3. The lowest BCUT2D eigenvalue weighted by atomic mass is 9.96. The van der Waals surface area contributed by atoms with Crippen molar-refractivity contribution in [3.8, 4) is 45.3 Å². The van der Waals surface area contributed by atoms with Gasteiger partial charge in [0.05, 0.1) is 29.6 Å². The molecule has 0 spiro atoms. The second-order valence-corrected chi connectivity index (χ2v) is 11.8. The first-order chi connectivity index (χ1) is 22.6. The van der Waals surface area contributed by atoms with Crippen LogP contribution in [-0.4, -0.2) is 73.6 Å². The van der Waals surface area contributed by atoms with Crippen LogP contribution in [0.5, 0.6) is 11.5 Å². The Morgan fingerprint density at radius 1 is 1.02 bits per heavy atom. The number of hydrogen-bond acceptors (Lipinski definition) is 8. The molecular formula is C34H34F3N5O4S. The lowest BCUT2D eigenvalue weighted by Gasteiger charge is -2.18. The average Bonchev–Trinajstić information content (AvgIpc) is 3.72. The van der Waals surface area contributed by atoms with E-state index >= 15 is 8.78 Å². The number of likely N-dealkylation sites (N-methyl/N-ethyl adjacent to an activating group) is 1. The fourth-order valence-electron chi connectivity index (χ4n) is 4.94. The second-order valence-electron chi connectivity index (χ2n) is 10.9. The van der Waals surface area contributed by atoms with Gasteiger partial charge in [-0.05, 0) is 62.8 Å². The zero-order valence-corrected chi connectivity index (χ0v) is 27.1. The Morgan fingerprint density at radius 2 is 1.81 bits per heavy atom. The lowest BCUT2D eigenvalue weighted by Crippen LogP contribution is -2.24. The van der Waals surface area contributed by atoms with Crippen LogP contribution < -0.4 is 14.8 Å². The largest absolute Gasteiger partial charge is 0.490 e. The lowest BCUT2D eigenvalue weighted by molar-refractivity contribution is -0.117. The molecule has 0 saturated heterocycles. The van der Waals surface area contributed by atoms with Crippen molar-refractivity contribution in [3.63, 3.8) is 0 Å². The summed E-state index contributed by atoms with van der Waals surface area (Å²) < 4.78 is 62.9. The number of fused-ring (bicyclic) bond motifs is 1. The van der Waals surface area contributed by atoms with Gasteiger partial charge in [0.15, 0.2) is 11.6 Å². The zero-order chi connectivity index (χ0) is 33.7. The Balaban J connectivity index is 1.72. The van der Waals surface area contributed by atoms with E-state index in [9.17, 15) is 9.18 Å². The number of H-pyrrole nitrogens is 1. The summed E-state index contributed by atoms with van der Waals surface area (Å²) in [5, 5.41) is 12.6. The SMILES string of the molecule is C=CC(=O)NC(C)c1cc(-c2nc(-c3ccc(OCCN(C)C)c(F)c3)c3ccsc3c2-c2c(F)cc(F)cc2OCCOC)n[nH]1. The summed E-state index contributed by atoms with van der Waals surface area (Å²) >= 11 is 1.31. The first-order valence-electron chi connectivity index (χ1n) is 14.7. The molecule has 47 heavy (non-hydrogen) atoms. The van der Waals surface area contributed by atoms with E-state index in [1.165, 1.54) is 24.5 Å². The second kappa shape index (κ2) is 14.8. The highest BCUT2D eigenvalue weighted by Gasteiger charge is 2.27. The predicted octanol–water partition coefficient (Wildman–Crippen LogP) is 6.77. The maximum absolute atomic E-state index is 15.9. The van der Waals surface area contributed by atoms with Gasteiger partial charge in [-0.15, -0.1) is 11.3 Å².